The molecule has 0 aliphatic carbocycles. The van der Waals surface area contributed by atoms with Gasteiger partial charge in [0.05, 0.1) is 13.0 Å². The second kappa shape index (κ2) is 6.20. The first-order valence-corrected chi connectivity index (χ1v) is 7.43. The van der Waals surface area contributed by atoms with Crippen LogP contribution in [0, 0.1) is 6.92 Å². The number of nitrogens with one attached hydrogen (secondary N) is 2. The number of rotatable bonds is 4. The number of H-pyrrole nitrogens is 2. The fourth-order valence-electron chi connectivity index (χ4n) is 2.53. The summed E-state index contributed by atoms with van der Waals surface area (Å²) in [6, 6.07) is 7.45. The molecule has 0 saturated carbocycles. The Bertz CT molecular complexity index is 765. The zero-order chi connectivity index (χ0) is 16.4. The minimum absolute atomic E-state index is 0.0608. The molecule has 23 heavy (non-hydrogen) atoms. The first-order valence-electron chi connectivity index (χ1n) is 7.43. The van der Waals surface area contributed by atoms with E-state index >= 15 is 0 Å². The number of fused-ring (bicyclic) bond motifs is 1. The molecule has 1 aromatic heterocycles. The Morgan fingerprint density at radius 2 is 2.04 bits per heavy atom. The van der Waals surface area contributed by atoms with E-state index in [0.29, 0.717) is 35.9 Å². The van der Waals surface area contributed by atoms with Crippen molar-refractivity contribution >= 4 is 5.91 Å². The van der Waals surface area contributed by atoms with Crippen LogP contribution in [0.1, 0.15) is 11.3 Å². The molecule has 1 aliphatic heterocycles. The lowest BCUT2D eigenvalue weighted by Crippen LogP contribution is -2.42. The topological polar surface area (TPSA) is 87.4 Å². The van der Waals surface area contributed by atoms with Gasteiger partial charge >= 0.3 is 0 Å². The normalized spacial score (nSPS) is 16.2. The summed E-state index contributed by atoms with van der Waals surface area (Å²) in [7, 11) is 1.70. The van der Waals surface area contributed by atoms with E-state index in [0.717, 1.165) is 0 Å². The van der Waals surface area contributed by atoms with E-state index in [1.807, 2.05) is 24.3 Å². The Morgan fingerprint density at radius 1 is 1.30 bits per heavy atom. The molecule has 3 rings (SSSR count). The van der Waals surface area contributed by atoms with Crippen molar-refractivity contribution in [3.63, 3.8) is 0 Å². The fourth-order valence-corrected chi connectivity index (χ4v) is 2.53. The van der Waals surface area contributed by atoms with Gasteiger partial charge in [-0.2, -0.15) is 0 Å². The zero-order valence-electron chi connectivity index (χ0n) is 13.1. The number of nitrogens with zero attached hydrogens (tertiary/aromatic N) is 1. The van der Waals surface area contributed by atoms with E-state index < -0.39 is 0 Å². The van der Waals surface area contributed by atoms with Crippen LogP contribution in [0.25, 0.3) is 0 Å². The Kier molecular flexibility index (Phi) is 4.10. The smallest absolute Gasteiger partial charge is 0.267 e. The van der Waals surface area contributed by atoms with Crippen LogP contribution in [0.3, 0.4) is 0 Å². The number of amides is 1. The molecule has 0 saturated heterocycles. The third kappa shape index (κ3) is 3.23. The Balaban J connectivity index is 1.60. The highest BCUT2D eigenvalue weighted by atomic mass is 16.6. The molecule has 122 valence electrons. The van der Waals surface area contributed by atoms with Gasteiger partial charge in [0.1, 0.15) is 6.61 Å². The van der Waals surface area contributed by atoms with Crippen LogP contribution >= 0.6 is 0 Å². The van der Waals surface area contributed by atoms with Gasteiger partial charge in [-0.05, 0) is 19.1 Å². The van der Waals surface area contributed by atoms with Gasteiger partial charge in [-0.1, -0.05) is 12.1 Å². The van der Waals surface area contributed by atoms with Crippen LogP contribution in [0.2, 0.25) is 0 Å². The summed E-state index contributed by atoms with van der Waals surface area (Å²) in [6.07, 6.45) is -0.171. The number of aromatic amines is 2. The maximum atomic E-state index is 12.3. The first kappa shape index (κ1) is 15.2. The lowest BCUT2D eigenvalue weighted by Gasteiger charge is -2.29. The van der Waals surface area contributed by atoms with Crippen molar-refractivity contribution in [1.82, 2.24) is 15.1 Å². The molecule has 7 nitrogen and oxygen atoms in total. The summed E-state index contributed by atoms with van der Waals surface area (Å²) in [4.78, 5) is 25.5. The van der Waals surface area contributed by atoms with E-state index in [-0.39, 0.29) is 24.0 Å². The van der Waals surface area contributed by atoms with E-state index in [1.165, 1.54) is 0 Å². The summed E-state index contributed by atoms with van der Waals surface area (Å²) in [5, 5.41) is 5.20. The van der Waals surface area contributed by atoms with Crippen LogP contribution < -0.4 is 15.0 Å². The molecule has 1 amide bonds. The molecular formula is C16H19N3O4. The van der Waals surface area contributed by atoms with E-state index in [1.54, 1.807) is 18.9 Å². The average Bonchev–Trinajstić information content (AvgIpc) is 2.86. The Labute approximate surface area is 133 Å². The standard InChI is InChI=1S/C16H19N3O4/c1-10-12(16(21)18-17-10)7-15(20)19(2)8-11-9-22-13-5-3-4-6-14(13)23-11/h3-6,11H,7-9H2,1-2H3,(H2,17,18,21)/t11-/m1/s1. The van der Waals surface area contributed by atoms with Crippen molar-refractivity contribution in [2.24, 2.45) is 0 Å². The van der Waals surface area contributed by atoms with Gasteiger partial charge in [0.15, 0.2) is 17.6 Å². The number of para-hydroxylation sites is 2. The van der Waals surface area contributed by atoms with Gasteiger partial charge in [-0.25, -0.2) is 0 Å². The molecule has 2 N–H and O–H groups in total. The maximum Gasteiger partial charge on any atom is 0.267 e. The number of benzene rings is 1. The number of carbonyl (C=O) groups excluding carboxylic acids is 1. The van der Waals surface area contributed by atoms with Crippen LogP contribution in [-0.4, -0.2) is 47.3 Å². The molecule has 0 spiro atoms. The van der Waals surface area contributed by atoms with Crippen LogP contribution in [-0.2, 0) is 11.2 Å². The van der Waals surface area contributed by atoms with Crippen molar-refractivity contribution in [2.45, 2.75) is 19.4 Å². The molecule has 1 aliphatic rings. The number of hydrogen-bond donors (Lipinski definition) is 2. The molecule has 2 heterocycles. The zero-order valence-corrected chi connectivity index (χ0v) is 13.1. The molecule has 0 fully saturated rings. The van der Waals surface area contributed by atoms with Gasteiger partial charge < -0.3 is 19.5 Å². The molecule has 0 unspecified atom stereocenters. The van der Waals surface area contributed by atoms with Crippen molar-refractivity contribution in [1.29, 1.82) is 0 Å². The number of aryl methyl sites for hydroxylation is 1. The molecule has 7 heteroatoms. The predicted octanol–water partition coefficient (Wildman–Crippen LogP) is 0.852. The SMILES string of the molecule is Cc1[nH][nH]c(=O)c1CC(=O)N(C)C[C@@H]1COc2ccccc2O1. The number of likely N-dealkylation sites (N-methyl/N-ethyl adjacent to an activating group) is 1. The van der Waals surface area contributed by atoms with Crippen LogP contribution in [0.5, 0.6) is 11.5 Å². The molecule has 0 radical (unpaired) electrons. The monoisotopic (exact) mass is 317 g/mol. The molecule has 1 aromatic carbocycles. The Hall–Kier alpha value is -2.70. The number of aromatic nitrogens is 2. The fraction of sp³-hybridized carbons (Fsp3) is 0.375. The molecule has 2 aromatic rings. The summed E-state index contributed by atoms with van der Waals surface area (Å²) in [6.45, 7) is 2.54. The second-order valence-electron chi connectivity index (χ2n) is 5.63. The van der Waals surface area contributed by atoms with Gasteiger partial charge in [-0.3, -0.25) is 14.7 Å². The number of carbonyl (C=O) groups is 1. The van der Waals surface area contributed by atoms with Gasteiger partial charge in [-0.15, -0.1) is 0 Å². The summed E-state index contributed by atoms with van der Waals surface area (Å²) in [5.41, 5.74) is 0.895. The molecular weight excluding hydrogens is 298 g/mol. The third-order valence-electron chi connectivity index (χ3n) is 3.89. The van der Waals surface area contributed by atoms with E-state index in [2.05, 4.69) is 10.2 Å². The van der Waals surface area contributed by atoms with Crippen molar-refractivity contribution in [2.75, 3.05) is 20.2 Å². The minimum atomic E-state index is -0.254. The van der Waals surface area contributed by atoms with Crippen LogP contribution in [0.4, 0.5) is 0 Å². The third-order valence-corrected chi connectivity index (χ3v) is 3.89. The second-order valence-corrected chi connectivity index (χ2v) is 5.63. The highest BCUT2D eigenvalue weighted by Crippen LogP contribution is 2.30. The van der Waals surface area contributed by atoms with Crippen molar-refractivity contribution in [3.8, 4) is 11.5 Å². The maximum absolute atomic E-state index is 12.3. The van der Waals surface area contributed by atoms with E-state index in [4.69, 9.17) is 9.47 Å². The highest BCUT2D eigenvalue weighted by Gasteiger charge is 2.24. The largest absolute Gasteiger partial charge is 0.486 e. The lowest BCUT2D eigenvalue weighted by molar-refractivity contribution is -0.130. The van der Waals surface area contributed by atoms with Gasteiger partial charge in [0.2, 0.25) is 5.91 Å². The van der Waals surface area contributed by atoms with Gasteiger partial charge in [0, 0.05) is 18.3 Å². The van der Waals surface area contributed by atoms with Gasteiger partial charge in [0.25, 0.3) is 5.56 Å². The molecule has 1 atom stereocenters. The number of hydrogen-bond acceptors (Lipinski definition) is 4. The van der Waals surface area contributed by atoms with Crippen molar-refractivity contribution < 1.29 is 14.3 Å². The number of ether oxygens (including phenoxy) is 2. The van der Waals surface area contributed by atoms with E-state index in [9.17, 15) is 9.59 Å². The summed E-state index contributed by atoms with van der Waals surface area (Å²) >= 11 is 0. The predicted molar refractivity (Wildman–Crippen MR) is 83.8 cm³/mol. The van der Waals surface area contributed by atoms with Crippen LogP contribution in [0.15, 0.2) is 29.1 Å². The average molecular weight is 317 g/mol. The van der Waals surface area contributed by atoms with Crippen molar-refractivity contribution in [3.05, 3.63) is 45.9 Å². The first-order chi connectivity index (χ1) is 11.0. The minimum Gasteiger partial charge on any atom is -0.486 e. The lowest BCUT2D eigenvalue weighted by atomic mass is 10.1. The summed E-state index contributed by atoms with van der Waals surface area (Å²) in [5.74, 6) is 1.26. The quantitative estimate of drug-likeness (QED) is 0.875. The Morgan fingerprint density at radius 3 is 2.74 bits per heavy atom. The molecule has 0 bridgehead atoms. The highest BCUT2D eigenvalue weighted by molar-refractivity contribution is 5.78. The summed E-state index contributed by atoms with van der Waals surface area (Å²) < 4.78 is 11.5.